The lowest BCUT2D eigenvalue weighted by Gasteiger charge is -2.27. The first-order chi connectivity index (χ1) is 14.3. The monoisotopic (exact) mass is 422 g/mol. The second-order valence-corrected chi connectivity index (χ2v) is 6.03. The fraction of sp³-hybridized carbons (Fsp3) is 0.294. The highest BCUT2D eigenvalue weighted by Crippen LogP contribution is 2.18. The number of hydrogen-bond donors (Lipinski definition) is 2. The molecule has 158 valence electrons. The zero-order chi connectivity index (χ0) is 21.6. The van der Waals surface area contributed by atoms with Crippen LogP contribution in [-0.4, -0.2) is 73.1 Å². The fourth-order valence-corrected chi connectivity index (χ4v) is 2.54. The maximum Gasteiger partial charge on any atom is 0.490 e. The number of hydrogen-bond acceptors (Lipinski definition) is 8. The van der Waals surface area contributed by atoms with Crippen molar-refractivity contribution in [2.45, 2.75) is 6.18 Å². The number of carbonyl (C=O) groups is 1. The lowest BCUT2D eigenvalue weighted by molar-refractivity contribution is -0.192. The number of piperazine rings is 1. The molecule has 4 heterocycles. The van der Waals surface area contributed by atoms with Crippen molar-refractivity contribution in [1.82, 2.24) is 35.0 Å². The molecule has 0 aromatic carbocycles. The van der Waals surface area contributed by atoms with Crippen molar-refractivity contribution in [2.24, 2.45) is 0 Å². The Labute approximate surface area is 168 Å². The average molecular weight is 422 g/mol. The molecular formula is C17H17F3N8O2. The van der Waals surface area contributed by atoms with Gasteiger partial charge in [-0.2, -0.15) is 23.3 Å². The summed E-state index contributed by atoms with van der Waals surface area (Å²) in [6.45, 7) is 3.68. The van der Waals surface area contributed by atoms with Gasteiger partial charge < -0.3 is 15.3 Å². The normalized spacial score (nSPS) is 14.0. The largest absolute Gasteiger partial charge is 0.490 e. The Morgan fingerprint density at radius 3 is 2.53 bits per heavy atom. The second-order valence-electron chi connectivity index (χ2n) is 6.03. The van der Waals surface area contributed by atoms with Gasteiger partial charge in [-0.25, -0.2) is 19.4 Å². The highest BCUT2D eigenvalue weighted by molar-refractivity contribution is 5.73. The Bertz CT molecular complexity index is 975. The number of carboxylic acids is 1. The first-order valence-electron chi connectivity index (χ1n) is 8.75. The number of carboxylic acid groups (broad SMARTS) is 1. The summed E-state index contributed by atoms with van der Waals surface area (Å²) in [5, 5.41) is 14.7. The predicted octanol–water partition coefficient (Wildman–Crippen LogP) is 1.16. The molecule has 3 aromatic heterocycles. The minimum atomic E-state index is -5.08. The van der Waals surface area contributed by atoms with Gasteiger partial charge >= 0.3 is 12.1 Å². The smallest absolute Gasteiger partial charge is 0.475 e. The van der Waals surface area contributed by atoms with E-state index in [1.54, 1.807) is 29.6 Å². The number of aliphatic carboxylic acids is 1. The van der Waals surface area contributed by atoms with E-state index in [9.17, 15) is 13.2 Å². The highest BCUT2D eigenvalue weighted by atomic mass is 19.4. The van der Waals surface area contributed by atoms with Crippen LogP contribution >= 0.6 is 0 Å². The predicted molar refractivity (Wildman–Crippen MR) is 99.0 cm³/mol. The third-order valence-corrected chi connectivity index (χ3v) is 3.95. The molecule has 13 heteroatoms. The Hall–Kier alpha value is -3.61. The zero-order valence-electron chi connectivity index (χ0n) is 15.5. The number of anilines is 1. The van der Waals surface area contributed by atoms with Gasteiger partial charge in [-0.1, -0.05) is 0 Å². The topological polar surface area (TPSA) is 122 Å². The molecule has 30 heavy (non-hydrogen) atoms. The Morgan fingerprint density at radius 1 is 1.17 bits per heavy atom. The number of rotatable bonds is 3. The lowest BCUT2D eigenvalue weighted by Crippen LogP contribution is -2.44. The van der Waals surface area contributed by atoms with E-state index in [2.05, 4.69) is 35.3 Å². The van der Waals surface area contributed by atoms with Gasteiger partial charge in [0.25, 0.3) is 0 Å². The number of halogens is 3. The highest BCUT2D eigenvalue weighted by Gasteiger charge is 2.38. The van der Waals surface area contributed by atoms with Gasteiger partial charge in [-0.3, -0.25) is 4.98 Å². The van der Waals surface area contributed by atoms with Crippen molar-refractivity contribution < 1.29 is 23.1 Å². The van der Waals surface area contributed by atoms with Gasteiger partial charge in [0.15, 0.2) is 5.82 Å². The van der Waals surface area contributed by atoms with Gasteiger partial charge in [0, 0.05) is 50.3 Å². The van der Waals surface area contributed by atoms with Crippen LogP contribution in [0.3, 0.4) is 0 Å². The molecule has 3 aromatic rings. The van der Waals surface area contributed by atoms with Crippen molar-refractivity contribution in [3.05, 3.63) is 43.2 Å². The molecule has 0 bridgehead atoms. The SMILES string of the molecule is O=C(O)C(F)(F)F.c1cnn(-c2cncc(-c3ncnc(N4CCNCC4)n3)c2)c1. The van der Waals surface area contributed by atoms with Crippen molar-refractivity contribution in [3.8, 4) is 17.1 Å². The summed E-state index contributed by atoms with van der Waals surface area (Å²) >= 11 is 0. The summed E-state index contributed by atoms with van der Waals surface area (Å²) in [6.07, 6.45) is 3.59. The summed E-state index contributed by atoms with van der Waals surface area (Å²) in [7, 11) is 0. The molecule has 10 nitrogen and oxygen atoms in total. The minimum absolute atomic E-state index is 0.620. The molecule has 1 saturated heterocycles. The first-order valence-corrected chi connectivity index (χ1v) is 8.75. The zero-order valence-corrected chi connectivity index (χ0v) is 15.5. The molecule has 0 aliphatic carbocycles. The first kappa shape index (κ1) is 21.1. The summed E-state index contributed by atoms with van der Waals surface area (Å²) in [5.41, 5.74) is 1.72. The van der Waals surface area contributed by atoms with Gasteiger partial charge in [-0.15, -0.1) is 0 Å². The summed E-state index contributed by atoms with van der Waals surface area (Å²) in [4.78, 5) is 28.5. The van der Waals surface area contributed by atoms with E-state index in [0.29, 0.717) is 11.8 Å². The summed E-state index contributed by atoms with van der Waals surface area (Å²) in [6, 6.07) is 3.84. The minimum Gasteiger partial charge on any atom is -0.475 e. The van der Waals surface area contributed by atoms with Gasteiger partial charge in [-0.05, 0) is 12.1 Å². The van der Waals surface area contributed by atoms with Crippen molar-refractivity contribution in [2.75, 3.05) is 31.1 Å². The molecule has 2 N–H and O–H groups in total. The summed E-state index contributed by atoms with van der Waals surface area (Å²) < 4.78 is 33.5. The Balaban J connectivity index is 0.000000318. The number of pyridine rings is 1. The molecule has 0 amide bonds. The Morgan fingerprint density at radius 2 is 1.90 bits per heavy atom. The van der Waals surface area contributed by atoms with Gasteiger partial charge in [0.05, 0.1) is 11.9 Å². The number of aromatic nitrogens is 6. The van der Waals surface area contributed by atoms with Crippen LogP contribution in [0.4, 0.5) is 19.1 Å². The molecule has 4 rings (SSSR count). The van der Waals surface area contributed by atoms with Gasteiger partial charge in [0.1, 0.15) is 6.33 Å². The van der Waals surface area contributed by atoms with Crippen LogP contribution in [0.15, 0.2) is 43.2 Å². The third kappa shape index (κ3) is 5.47. The average Bonchev–Trinajstić information content (AvgIpc) is 3.29. The van der Waals surface area contributed by atoms with Gasteiger partial charge in [0.2, 0.25) is 5.95 Å². The molecule has 0 spiro atoms. The van der Waals surface area contributed by atoms with Crippen LogP contribution in [-0.2, 0) is 4.79 Å². The summed E-state index contributed by atoms with van der Waals surface area (Å²) in [5.74, 6) is -1.43. The van der Waals surface area contributed by atoms with E-state index in [1.165, 1.54) is 0 Å². The fourth-order valence-electron chi connectivity index (χ4n) is 2.54. The molecular weight excluding hydrogens is 405 g/mol. The Kier molecular flexibility index (Phi) is 6.51. The quantitative estimate of drug-likeness (QED) is 0.640. The third-order valence-electron chi connectivity index (χ3n) is 3.95. The van der Waals surface area contributed by atoms with E-state index in [-0.39, 0.29) is 0 Å². The van der Waals surface area contributed by atoms with Crippen LogP contribution in [0.1, 0.15) is 0 Å². The molecule has 1 aliphatic heterocycles. The second kappa shape index (κ2) is 9.26. The van der Waals surface area contributed by atoms with E-state index in [4.69, 9.17) is 9.90 Å². The molecule has 0 unspecified atom stereocenters. The van der Waals surface area contributed by atoms with Crippen LogP contribution in [0, 0.1) is 0 Å². The van der Waals surface area contributed by atoms with Crippen molar-refractivity contribution in [3.63, 3.8) is 0 Å². The maximum atomic E-state index is 10.6. The standard InChI is InChI=1S/C15H16N8.C2HF3O2/c1-2-20-23(5-1)13-8-12(9-17-10-13)14-18-11-19-15(21-14)22-6-3-16-4-7-22;3-2(4,5)1(6)7/h1-2,5,8-11,16H,3-4,6-7H2;(H,6,7). The van der Waals surface area contributed by atoms with Crippen molar-refractivity contribution >= 4 is 11.9 Å². The van der Waals surface area contributed by atoms with Crippen LogP contribution < -0.4 is 10.2 Å². The number of alkyl halides is 3. The maximum absolute atomic E-state index is 10.6. The molecule has 0 saturated carbocycles. The van der Waals surface area contributed by atoms with E-state index in [1.807, 2.05) is 18.3 Å². The number of nitrogens with one attached hydrogen (secondary N) is 1. The van der Waals surface area contributed by atoms with E-state index >= 15 is 0 Å². The lowest BCUT2D eigenvalue weighted by atomic mass is 10.2. The van der Waals surface area contributed by atoms with E-state index in [0.717, 1.165) is 37.4 Å². The van der Waals surface area contributed by atoms with Crippen LogP contribution in [0.5, 0.6) is 0 Å². The van der Waals surface area contributed by atoms with Crippen LogP contribution in [0.2, 0.25) is 0 Å². The molecule has 1 aliphatic rings. The van der Waals surface area contributed by atoms with E-state index < -0.39 is 12.1 Å². The molecule has 0 radical (unpaired) electrons. The van der Waals surface area contributed by atoms with Crippen molar-refractivity contribution in [1.29, 1.82) is 0 Å². The molecule has 0 atom stereocenters. The number of nitrogens with zero attached hydrogens (tertiary/aromatic N) is 7. The molecule has 1 fully saturated rings. The van der Waals surface area contributed by atoms with Crippen LogP contribution in [0.25, 0.3) is 17.1 Å².